The minimum atomic E-state index is -0.408. The predicted molar refractivity (Wildman–Crippen MR) is 173 cm³/mol. The van der Waals surface area contributed by atoms with Gasteiger partial charge in [0, 0.05) is 77.0 Å². The Bertz CT molecular complexity index is 1900. The molecule has 1 amide bonds. The molecule has 2 saturated heterocycles. The summed E-state index contributed by atoms with van der Waals surface area (Å²) >= 11 is 0. The van der Waals surface area contributed by atoms with Gasteiger partial charge < -0.3 is 19.4 Å². The molecule has 4 fully saturated rings. The fourth-order valence-corrected chi connectivity index (χ4v) is 8.99. The van der Waals surface area contributed by atoms with Crippen LogP contribution in [0.3, 0.4) is 0 Å². The summed E-state index contributed by atoms with van der Waals surface area (Å²) in [6.07, 6.45) is 5.44. The number of nitrogens with zero attached hydrogens (tertiary/aromatic N) is 6. The monoisotopic (exact) mass is 626 g/mol. The van der Waals surface area contributed by atoms with Gasteiger partial charge in [0.2, 0.25) is 5.91 Å². The van der Waals surface area contributed by atoms with Gasteiger partial charge in [-0.3, -0.25) is 9.36 Å². The maximum atomic E-state index is 16.0. The number of rotatable bonds is 3. The summed E-state index contributed by atoms with van der Waals surface area (Å²) in [5.74, 6) is 0.311. The van der Waals surface area contributed by atoms with Crippen molar-refractivity contribution in [1.29, 1.82) is 5.26 Å². The molecular weight excluding hydrogens is 590 g/mol. The maximum absolute atomic E-state index is 16.0. The first-order valence-corrected chi connectivity index (χ1v) is 16.3. The molecule has 11 heteroatoms. The van der Waals surface area contributed by atoms with Gasteiger partial charge in [0.1, 0.15) is 18.2 Å². The standard InChI is InChI=1S/C34H36FN6O3P/c1-4-24(42)39-11-12-40(19(2)15-39)30-22-13-21(14-36)26-25-20(5-6-23(45)27(25)35)16-44-29(26)28(22)41(32(43)37-30)31-33(7-8-33)17-38(3)18-34(31)9-10-34/h4-6,13,19,31H,1,7-12,15-18,45H2,2-3H3/t19-/m0/s1. The van der Waals surface area contributed by atoms with Gasteiger partial charge in [-0.1, -0.05) is 18.7 Å². The Morgan fingerprint density at radius 1 is 1.20 bits per heavy atom. The topological polar surface area (TPSA) is 94.7 Å². The van der Waals surface area contributed by atoms with Gasteiger partial charge in [-0.25, -0.2) is 9.18 Å². The Hall–Kier alpha value is -3.80. The Labute approximate surface area is 263 Å². The molecule has 3 aliphatic heterocycles. The normalized spacial score (nSPS) is 23.0. The van der Waals surface area contributed by atoms with Crippen molar-refractivity contribution >= 4 is 37.2 Å². The first-order chi connectivity index (χ1) is 21.6. The molecule has 232 valence electrons. The number of nitriles is 1. The fourth-order valence-electron chi connectivity index (χ4n) is 8.75. The molecule has 2 atom stereocenters. The quantitative estimate of drug-likeness (QED) is 0.323. The van der Waals surface area contributed by atoms with E-state index in [2.05, 4.69) is 38.7 Å². The summed E-state index contributed by atoms with van der Waals surface area (Å²) in [7, 11) is 4.61. The molecule has 0 N–H and O–H groups in total. The highest BCUT2D eigenvalue weighted by atomic mass is 31.0. The van der Waals surface area contributed by atoms with Gasteiger partial charge in [0.05, 0.1) is 23.2 Å². The lowest BCUT2D eigenvalue weighted by atomic mass is 9.78. The number of anilines is 1. The van der Waals surface area contributed by atoms with E-state index < -0.39 is 5.82 Å². The largest absolute Gasteiger partial charge is 0.486 e. The summed E-state index contributed by atoms with van der Waals surface area (Å²) in [6.45, 7) is 8.92. The van der Waals surface area contributed by atoms with Crippen LogP contribution in [-0.2, 0) is 11.4 Å². The van der Waals surface area contributed by atoms with Gasteiger partial charge >= 0.3 is 5.69 Å². The average molecular weight is 627 g/mol. The number of fused-ring (bicyclic) bond motifs is 5. The molecule has 1 aromatic heterocycles. The number of hydrogen-bond acceptors (Lipinski definition) is 7. The first kappa shape index (κ1) is 28.7. The lowest BCUT2D eigenvalue weighted by Gasteiger charge is -2.46. The second-order valence-electron chi connectivity index (χ2n) is 13.8. The van der Waals surface area contributed by atoms with Crippen LogP contribution in [0.5, 0.6) is 5.75 Å². The highest BCUT2D eigenvalue weighted by Crippen LogP contribution is 2.70. The zero-order valence-electron chi connectivity index (χ0n) is 25.6. The number of hydrogen-bond donors (Lipinski definition) is 0. The van der Waals surface area contributed by atoms with Crippen molar-refractivity contribution in [2.24, 2.45) is 10.8 Å². The van der Waals surface area contributed by atoms with Crippen LogP contribution in [0.2, 0.25) is 0 Å². The molecule has 0 bridgehead atoms. The Kier molecular flexibility index (Phi) is 6.27. The van der Waals surface area contributed by atoms with E-state index in [4.69, 9.17) is 9.72 Å². The second-order valence-corrected chi connectivity index (χ2v) is 14.5. The van der Waals surface area contributed by atoms with Crippen molar-refractivity contribution in [3.63, 3.8) is 0 Å². The predicted octanol–water partition coefficient (Wildman–Crippen LogP) is 3.74. The van der Waals surface area contributed by atoms with E-state index in [-0.39, 0.29) is 46.7 Å². The van der Waals surface area contributed by atoms with Crippen molar-refractivity contribution in [2.45, 2.75) is 51.3 Å². The number of piperidine rings is 1. The fraction of sp³-hybridized carbons (Fsp3) is 0.471. The Balaban J connectivity index is 1.42. The average Bonchev–Trinajstić information content (AvgIpc) is 3.96. The summed E-state index contributed by atoms with van der Waals surface area (Å²) in [4.78, 5) is 38.0. The third-order valence-electron chi connectivity index (χ3n) is 10.9. The summed E-state index contributed by atoms with van der Waals surface area (Å²) in [5.41, 5.74) is 1.87. The number of ether oxygens (including phenoxy) is 1. The van der Waals surface area contributed by atoms with Crippen LogP contribution in [0.1, 0.15) is 49.8 Å². The minimum Gasteiger partial charge on any atom is -0.486 e. The number of carbonyl (C=O) groups is 1. The van der Waals surface area contributed by atoms with Crippen LogP contribution in [0, 0.1) is 28.0 Å². The van der Waals surface area contributed by atoms with Gasteiger partial charge in [0.25, 0.3) is 0 Å². The molecule has 0 radical (unpaired) electrons. The molecule has 8 rings (SSSR count). The minimum absolute atomic E-state index is 0.0424. The third-order valence-corrected chi connectivity index (χ3v) is 11.3. The van der Waals surface area contributed by atoms with Crippen molar-refractivity contribution in [1.82, 2.24) is 19.4 Å². The number of likely N-dealkylation sites (tertiary alicyclic amines) is 1. The highest BCUT2D eigenvalue weighted by Gasteiger charge is 2.66. The van der Waals surface area contributed by atoms with E-state index >= 15 is 4.39 Å². The third kappa shape index (κ3) is 4.13. The van der Waals surface area contributed by atoms with Gasteiger partial charge in [0.15, 0.2) is 5.75 Å². The Morgan fingerprint density at radius 3 is 2.53 bits per heavy atom. The second kappa shape index (κ2) is 9.85. The van der Waals surface area contributed by atoms with Gasteiger partial charge in [-0.05, 0) is 51.8 Å². The van der Waals surface area contributed by atoms with Gasteiger partial charge in [-0.15, -0.1) is 9.24 Å². The molecule has 2 aromatic carbocycles. The maximum Gasteiger partial charge on any atom is 0.350 e. The number of carbonyl (C=O) groups excluding carboxylic acids is 1. The lowest BCUT2D eigenvalue weighted by molar-refractivity contribution is -0.126. The van der Waals surface area contributed by atoms with Crippen LogP contribution in [0.4, 0.5) is 10.2 Å². The first-order valence-electron chi connectivity index (χ1n) is 15.7. The number of amides is 1. The van der Waals surface area contributed by atoms with Crippen molar-refractivity contribution in [2.75, 3.05) is 44.7 Å². The number of benzene rings is 2. The van der Waals surface area contributed by atoms with Crippen molar-refractivity contribution in [3.8, 4) is 22.9 Å². The van der Waals surface area contributed by atoms with Crippen LogP contribution in [0.15, 0.2) is 35.6 Å². The van der Waals surface area contributed by atoms with E-state index in [0.717, 1.165) is 38.8 Å². The highest BCUT2D eigenvalue weighted by molar-refractivity contribution is 7.27. The molecular formula is C34H36FN6O3P. The van der Waals surface area contributed by atoms with E-state index in [9.17, 15) is 14.9 Å². The Morgan fingerprint density at radius 2 is 1.91 bits per heavy atom. The SMILES string of the molecule is C=CC(=O)N1CCN(c2nc(=O)n(C3C4(CC4)CN(C)CC34CC4)c3c4c(c(C#N)cc23)-c2c(ccc(P)c2F)CO4)[C@@H](C)C1. The summed E-state index contributed by atoms with van der Waals surface area (Å²) < 4.78 is 24.4. The van der Waals surface area contributed by atoms with E-state index in [1.54, 1.807) is 17.0 Å². The van der Waals surface area contributed by atoms with E-state index in [1.165, 1.54) is 6.08 Å². The summed E-state index contributed by atoms with van der Waals surface area (Å²) in [5, 5.41) is 11.6. The van der Waals surface area contributed by atoms with E-state index in [1.807, 2.05) is 17.6 Å². The smallest absolute Gasteiger partial charge is 0.350 e. The molecule has 1 unspecified atom stereocenters. The van der Waals surface area contributed by atoms with Crippen molar-refractivity contribution < 1.29 is 13.9 Å². The van der Waals surface area contributed by atoms with Crippen LogP contribution in [-0.4, -0.2) is 71.1 Å². The molecule has 3 aromatic rings. The summed E-state index contributed by atoms with van der Waals surface area (Å²) in [6, 6.07) is 7.41. The van der Waals surface area contributed by atoms with E-state index in [0.29, 0.717) is 64.1 Å². The molecule has 5 aliphatic rings. The molecule has 2 spiro atoms. The van der Waals surface area contributed by atoms with Crippen molar-refractivity contribution in [3.05, 3.63) is 58.3 Å². The number of piperazine rings is 1. The lowest BCUT2D eigenvalue weighted by Crippen LogP contribution is -2.54. The van der Waals surface area contributed by atoms with Crippen LogP contribution in [0.25, 0.3) is 22.0 Å². The molecule has 9 nitrogen and oxygen atoms in total. The van der Waals surface area contributed by atoms with Crippen LogP contribution >= 0.6 is 9.24 Å². The number of halogens is 1. The zero-order chi connectivity index (χ0) is 31.4. The molecule has 45 heavy (non-hydrogen) atoms. The molecule has 4 heterocycles. The van der Waals surface area contributed by atoms with Gasteiger partial charge in [-0.2, -0.15) is 10.2 Å². The molecule has 2 saturated carbocycles. The zero-order valence-corrected chi connectivity index (χ0v) is 26.8. The number of aromatic nitrogens is 2. The van der Waals surface area contributed by atoms with Crippen LogP contribution < -0.4 is 20.6 Å². The molecule has 2 aliphatic carbocycles.